The number of benzene rings is 2. The van der Waals surface area contributed by atoms with E-state index in [1.807, 2.05) is 54.6 Å². The molecule has 4 aromatic rings. The van der Waals surface area contributed by atoms with Gasteiger partial charge in [0.15, 0.2) is 5.16 Å². The molecule has 2 aromatic heterocycles. The van der Waals surface area contributed by atoms with Crippen molar-refractivity contribution >= 4 is 44.9 Å². The van der Waals surface area contributed by atoms with Crippen LogP contribution < -0.4 is 10.9 Å². The van der Waals surface area contributed by atoms with Crippen LogP contribution in [-0.4, -0.2) is 21.2 Å². The summed E-state index contributed by atoms with van der Waals surface area (Å²) in [6.07, 6.45) is 1.71. The van der Waals surface area contributed by atoms with Gasteiger partial charge in [-0.05, 0) is 35.6 Å². The minimum atomic E-state index is -0.101. The van der Waals surface area contributed by atoms with Crippen molar-refractivity contribution in [3.63, 3.8) is 0 Å². The van der Waals surface area contributed by atoms with E-state index in [1.54, 1.807) is 7.05 Å². The van der Waals surface area contributed by atoms with E-state index in [9.17, 15) is 9.59 Å². The molecule has 2 aromatic carbocycles. The number of thioether (sulfide) groups is 1. The van der Waals surface area contributed by atoms with Gasteiger partial charge in [0, 0.05) is 17.6 Å². The van der Waals surface area contributed by atoms with E-state index >= 15 is 0 Å². The number of nitrogens with zero attached hydrogens (tertiary/aromatic N) is 2. The molecule has 164 valence electrons. The van der Waals surface area contributed by atoms with Gasteiger partial charge in [-0.25, -0.2) is 4.98 Å². The average molecular weight is 464 g/mol. The molecule has 0 unspecified atom stereocenters. The summed E-state index contributed by atoms with van der Waals surface area (Å²) in [5.74, 6) is 0.0836. The first-order valence-electron chi connectivity index (χ1n) is 10.6. The van der Waals surface area contributed by atoms with E-state index in [4.69, 9.17) is 4.98 Å². The number of thiophene rings is 1. The summed E-state index contributed by atoms with van der Waals surface area (Å²) in [5.41, 5.74) is 4.13. The summed E-state index contributed by atoms with van der Waals surface area (Å²) in [5, 5.41) is 4.22. The maximum absolute atomic E-state index is 12.9. The number of rotatable bonds is 7. The van der Waals surface area contributed by atoms with E-state index < -0.39 is 0 Å². The lowest BCUT2D eigenvalue weighted by molar-refractivity contribution is -0.113. The molecule has 7 heteroatoms. The number of carbonyl (C=O) groups is 1. The molecule has 0 aliphatic carbocycles. The Morgan fingerprint density at radius 3 is 2.41 bits per heavy atom. The quantitative estimate of drug-likeness (QED) is 0.290. The normalized spacial score (nSPS) is 11.1. The zero-order valence-corrected chi connectivity index (χ0v) is 20.0. The number of hydrogen-bond donors (Lipinski definition) is 1. The molecule has 2 heterocycles. The lowest BCUT2D eigenvalue weighted by Gasteiger charge is -2.14. The van der Waals surface area contributed by atoms with Crippen LogP contribution in [0, 0.1) is 0 Å². The Labute approximate surface area is 195 Å². The first-order valence-corrected chi connectivity index (χ1v) is 12.4. The number of fused-ring (bicyclic) bond motifs is 1. The third-order valence-corrected chi connectivity index (χ3v) is 7.49. The Balaban J connectivity index is 1.55. The van der Waals surface area contributed by atoms with Crippen molar-refractivity contribution < 1.29 is 4.79 Å². The van der Waals surface area contributed by atoms with Crippen molar-refractivity contribution in [2.24, 2.45) is 7.05 Å². The third kappa shape index (κ3) is 4.49. The molecule has 4 rings (SSSR count). The zero-order chi connectivity index (χ0) is 22.7. The number of carbonyl (C=O) groups excluding carboxylic acids is 1. The molecule has 32 heavy (non-hydrogen) atoms. The maximum Gasteiger partial charge on any atom is 0.262 e. The van der Waals surface area contributed by atoms with Gasteiger partial charge in [-0.15, -0.1) is 11.3 Å². The molecule has 5 nitrogen and oxygen atoms in total. The number of aryl methyl sites for hydroxylation is 2. The molecule has 1 N–H and O–H groups in total. The predicted octanol–water partition coefficient (Wildman–Crippen LogP) is 5.52. The number of aromatic nitrogens is 2. The summed E-state index contributed by atoms with van der Waals surface area (Å²) in [6, 6.07) is 18.0. The fraction of sp³-hybridized carbons (Fsp3) is 0.240. The molecule has 0 spiro atoms. The molecule has 0 fully saturated rings. The molecule has 0 atom stereocenters. The standard InChI is InChI=1S/C25H25N3O2S2/c1-4-16-12-9-13-17(5-2)22(16)26-21(29)15-31-25-27-23-19(24(30)28(25)3)14-20(32-23)18-10-7-6-8-11-18/h6-14H,4-5,15H2,1-3H3,(H,26,29). The van der Waals surface area contributed by atoms with Crippen molar-refractivity contribution in [3.05, 3.63) is 76.1 Å². The highest BCUT2D eigenvalue weighted by Crippen LogP contribution is 2.32. The molecular weight excluding hydrogens is 438 g/mol. The number of para-hydroxylation sites is 1. The number of anilines is 1. The lowest BCUT2D eigenvalue weighted by atomic mass is 10.0. The third-order valence-electron chi connectivity index (χ3n) is 5.39. The van der Waals surface area contributed by atoms with E-state index in [2.05, 4.69) is 19.2 Å². The monoisotopic (exact) mass is 463 g/mol. The van der Waals surface area contributed by atoms with Gasteiger partial charge in [-0.1, -0.05) is 74.1 Å². The van der Waals surface area contributed by atoms with Crippen LogP contribution in [0.1, 0.15) is 25.0 Å². The van der Waals surface area contributed by atoms with Gasteiger partial charge in [0.25, 0.3) is 5.56 Å². The number of amides is 1. The zero-order valence-electron chi connectivity index (χ0n) is 18.3. The summed E-state index contributed by atoms with van der Waals surface area (Å²) in [6.45, 7) is 4.16. The van der Waals surface area contributed by atoms with Crippen LogP contribution in [0.3, 0.4) is 0 Å². The van der Waals surface area contributed by atoms with E-state index in [0.29, 0.717) is 15.4 Å². The smallest absolute Gasteiger partial charge is 0.262 e. The summed E-state index contributed by atoms with van der Waals surface area (Å²) >= 11 is 2.78. The first kappa shape index (κ1) is 22.3. The minimum absolute atomic E-state index is 0.0964. The van der Waals surface area contributed by atoms with Crippen molar-refractivity contribution in [3.8, 4) is 10.4 Å². The summed E-state index contributed by atoms with van der Waals surface area (Å²) in [7, 11) is 1.70. The fourth-order valence-corrected chi connectivity index (χ4v) is 5.48. The van der Waals surface area contributed by atoms with Gasteiger partial charge >= 0.3 is 0 Å². The van der Waals surface area contributed by atoms with Gasteiger partial charge in [-0.2, -0.15) is 0 Å². The highest BCUT2D eigenvalue weighted by atomic mass is 32.2. The number of hydrogen-bond acceptors (Lipinski definition) is 5. The van der Waals surface area contributed by atoms with Gasteiger partial charge in [0.05, 0.1) is 11.1 Å². The molecule has 0 bridgehead atoms. The molecule has 0 saturated carbocycles. The van der Waals surface area contributed by atoms with E-state index in [0.717, 1.165) is 40.1 Å². The van der Waals surface area contributed by atoms with Crippen molar-refractivity contribution in [2.45, 2.75) is 31.8 Å². The molecular formula is C25H25N3O2S2. The second-order valence-corrected chi connectivity index (χ2v) is 9.42. The van der Waals surface area contributed by atoms with E-state index in [-0.39, 0.29) is 17.2 Å². The first-order chi connectivity index (χ1) is 15.5. The average Bonchev–Trinajstić information content (AvgIpc) is 3.25. The molecule has 0 radical (unpaired) electrons. The van der Waals surface area contributed by atoms with Crippen LogP contribution in [-0.2, 0) is 24.7 Å². The van der Waals surface area contributed by atoms with Gasteiger partial charge < -0.3 is 5.32 Å². The summed E-state index contributed by atoms with van der Waals surface area (Å²) in [4.78, 5) is 32.0. The number of nitrogens with one attached hydrogen (secondary N) is 1. The second kappa shape index (κ2) is 9.71. The van der Waals surface area contributed by atoms with Crippen molar-refractivity contribution in [1.82, 2.24) is 9.55 Å². The summed E-state index contributed by atoms with van der Waals surface area (Å²) < 4.78 is 1.53. The maximum atomic E-state index is 12.9. The highest BCUT2D eigenvalue weighted by Gasteiger charge is 2.16. The fourth-order valence-electron chi connectivity index (χ4n) is 3.63. The molecule has 1 amide bonds. The largest absolute Gasteiger partial charge is 0.325 e. The highest BCUT2D eigenvalue weighted by molar-refractivity contribution is 7.99. The van der Waals surface area contributed by atoms with Crippen LogP contribution in [0.2, 0.25) is 0 Å². The lowest BCUT2D eigenvalue weighted by Crippen LogP contribution is -2.21. The Morgan fingerprint density at radius 1 is 1.06 bits per heavy atom. The van der Waals surface area contributed by atoms with Crippen LogP contribution in [0.5, 0.6) is 0 Å². The Kier molecular flexibility index (Phi) is 6.77. The van der Waals surface area contributed by atoms with Crippen molar-refractivity contribution in [2.75, 3.05) is 11.1 Å². The molecule has 0 aliphatic rings. The van der Waals surface area contributed by atoms with Crippen LogP contribution in [0.15, 0.2) is 64.5 Å². The van der Waals surface area contributed by atoms with Gasteiger partial charge in [0.1, 0.15) is 4.83 Å². The molecule has 0 saturated heterocycles. The SMILES string of the molecule is CCc1cccc(CC)c1NC(=O)CSc1nc2sc(-c3ccccc3)cc2c(=O)n1C. The Morgan fingerprint density at radius 2 is 1.75 bits per heavy atom. The minimum Gasteiger partial charge on any atom is -0.325 e. The molecule has 0 aliphatic heterocycles. The van der Waals surface area contributed by atoms with Crippen molar-refractivity contribution in [1.29, 1.82) is 0 Å². The van der Waals surface area contributed by atoms with Crippen LogP contribution in [0.25, 0.3) is 20.7 Å². The second-order valence-electron chi connectivity index (χ2n) is 7.45. The van der Waals surface area contributed by atoms with Gasteiger partial charge in [0.2, 0.25) is 5.91 Å². The van der Waals surface area contributed by atoms with E-state index in [1.165, 1.54) is 27.7 Å². The topological polar surface area (TPSA) is 64.0 Å². The Hall–Kier alpha value is -2.90. The van der Waals surface area contributed by atoms with Crippen LogP contribution in [0.4, 0.5) is 5.69 Å². The Bertz CT molecular complexity index is 1300. The van der Waals surface area contributed by atoms with Crippen LogP contribution >= 0.6 is 23.1 Å². The predicted molar refractivity (Wildman–Crippen MR) is 135 cm³/mol. The van der Waals surface area contributed by atoms with Gasteiger partial charge in [-0.3, -0.25) is 14.2 Å².